The van der Waals surface area contributed by atoms with E-state index in [1.54, 1.807) is 30.5 Å². The van der Waals surface area contributed by atoms with Gasteiger partial charge in [-0.3, -0.25) is 14.6 Å². The van der Waals surface area contributed by atoms with Gasteiger partial charge in [-0.25, -0.2) is 4.79 Å². The summed E-state index contributed by atoms with van der Waals surface area (Å²) in [6.07, 6.45) is 1.88. The van der Waals surface area contributed by atoms with Gasteiger partial charge in [0.1, 0.15) is 8.89 Å². The van der Waals surface area contributed by atoms with Crippen LogP contribution in [-0.2, 0) is 20.8 Å². The number of aliphatic imine (C=N–C) groups is 1. The molecule has 1 aromatic heterocycles. The van der Waals surface area contributed by atoms with E-state index in [-0.39, 0.29) is 23.7 Å². The van der Waals surface area contributed by atoms with E-state index in [0.29, 0.717) is 3.14 Å². The molecule has 1 heterocycles. The summed E-state index contributed by atoms with van der Waals surface area (Å²) >= 11 is 10.0. The number of hydrogen-bond acceptors (Lipinski definition) is 10. The molecule has 0 fully saturated rings. The summed E-state index contributed by atoms with van der Waals surface area (Å²) in [5, 5.41) is 38.0. The Morgan fingerprint density at radius 3 is 1.98 bits per heavy atom. The smallest absolute Gasteiger partial charge is 0.328 e. The molecule has 0 radical (unpaired) electrons. The molecule has 0 aliphatic carbocycles. The number of carbonyl (C=O) groups is 3. The van der Waals surface area contributed by atoms with E-state index in [9.17, 15) is 24.6 Å². The van der Waals surface area contributed by atoms with Crippen LogP contribution >= 0.6 is 58.4 Å². The second kappa shape index (κ2) is 15.5. The van der Waals surface area contributed by atoms with Crippen LogP contribution in [0.25, 0.3) is 10.8 Å². The van der Waals surface area contributed by atoms with Crippen molar-refractivity contribution in [2.45, 2.75) is 20.9 Å². The van der Waals surface area contributed by atoms with Crippen LogP contribution in [-0.4, -0.2) is 62.1 Å². The van der Waals surface area contributed by atoms with E-state index in [1.165, 1.54) is 46.2 Å². The molecular weight excluding hydrogens is 611 g/mol. The molecule has 1 atom stereocenters. The maximum atomic E-state index is 11.4. The first kappa shape index (κ1) is 31.3. The highest BCUT2D eigenvalue weighted by Gasteiger charge is 2.16. The molecule has 4 rings (SSSR count). The molecule has 13 heteroatoms. The number of phenols is 1. The number of carboxylic acid groups (broad SMARTS) is 3. The molecule has 0 spiro atoms. The predicted molar refractivity (Wildman–Crippen MR) is 165 cm³/mol. The standard InChI is InChI=1S/C20H17NO3.C7H6O4S5/c22-18-9-6-14(7-10-18)12-19(20(23)24)21-13-15-5-8-16-3-1-2-4-17(16)11-15;8-3(9)1-13-5-6(14-2-4(10)11)16-7(12)15-5/h1-11,13,19,22H,12H2,(H,23,24);1-2H2,(H,8,9)(H,10,11). The zero-order valence-electron chi connectivity index (χ0n) is 20.6. The Kier molecular flexibility index (Phi) is 12.2. The molecule has 0 saturated heterocycles. The van der Waals surface area contributed by atoms with Crippen LogP contribution < -0.4 is 0 Å². The molecular formula is C27H23NO7S5. The van der Waals surface area contributed by atoms with Gasteiger partial charge in [0.25, 0.3) is 0 Å². The molecule has 0 aliphatic rings. The first-order valence-electron chi connectivity index (χ1n) is 11.5. The average molecular weight is 634 g/mol. The van der Waals surface area contributed by atoms with Crippen molar-refractivity contribution in [3.05, 3.63) is 81.0 Å². The Bertz CT molecular complexity index is 1530. The first-order valence-corrected chi connectivity index (χ1v) is 15.5. The van der Waals surface area contributed by atoms with Crippen molar-refractivity contribution in [3.8, 4) is 5.75 Å². The van der Waals surface area contributed by atoms with Crippen LogP contribution in [0.2, 0.25) is 0 Å². The van der Waals surface area contributed by atoms with Gasteiger partial charge in [0.2, 0.25) is 0 Å². The number of aliphatic carboxylic acids is 3. The van der Waals surface area contributed by atoms with Crippen LogP contribution in [0.4, 0.5) is 0 Å². The van der Waals surface area contributed by atoms with Crippen LogP contribution in [0.1, 0.15) is 11.1 Å². The number of aromatic hydroxyl groups is 1. The van der Waals surface area contributed by atoms with Crippen molar-refractivity contribution in [3.63, 3.8) is 0 Å². The fourth-order valence-electron chi connectivity index (χ4n) is 3.21. The number of benzene rings is 3. The van der Waals surface area contributed by atoms with Gasteiger partial charge in [0.15, 0.2) is 6.04 Å². The summed E-state index contributed by atoms with van der Waals surface area (Å²) in [5.74, 6) is -2.69. The Hall–Kier alpha value is -3.23. The van der Waals surface area contributed by atoms with E-state index < -0.39 is 23.9 Å². The van der Waals surface area contributed by atoms with Crippen molar-refractivity contribution in [1.29, 1.82) is 0 Å². The Balaban J connectivity index is 0.000000241. The monoisotopic (exact) mass is 633 g/mol. The third-order valence-corrected chi connectivity index (χ3v) is 10.6. The highest BCUT2D eigenvalue weighted by atomic mass is 32.2. The molecule has 1 unspecified atom stereocenters. The van der Waals surface area contributed by atoms with E-state index in [2.05, 4.69) is 4.99 Å². The lowest BCUT2D eigenvalue weighted by atomic mass is 10.1. The Morgan fingerprint density at radius 1 is 0.850 bits per heavy atom. The average Bonchev–Trinajstić information content (AvgIpc) is 3.29. The second-order valence-corrected chi connectivity index (χ2v) is 13.7. The van der Waals surface area contributed by atoms with Crippen molar-refractivity contribution in [1.82, 2.24) is 0 Å². The van der Waals surface area contributed by atoms with Crippen LogP contribution in [0.3, 0.4) is 0 Å². The lowest BCUT2D eigenvalue weighted by molar-refractivity contribution is -0.138. The number of carboxylic acids is 3. The minimum atomic E-state index is -0.972. The molecule has 0 aliphatic heterocycles. The summed E-state index contributed by atoms with van der Waals surface area (Å²) in [5.41, 5.74) is 1.68. The van der Waals surface area contributed by atoms with Crippen molar-refractivity contribution < 1.29 is 34.8 Å². The van der Waals surface area contributed by atoms with Gasteiger partial charge < -0.3 is 20.4 Å². The molecule has 4 aromatic rings. The lowest BCUT2D eigenvalue weighted by Gasteiger charge is -2.08. The number of fused-ring (bicyclic) bond motifs is 1. The summed E-state index contributed by atoms with van der Waals surface area (Å²) in [6, 6.07) is 19.5. The molecule has 0 saturated carbocycles. The van der Waals surface area contributed by atoms with Gasteiger partial charge in [0.05, 0.1) is 19.9 Å². The fraction of sp³-hybridized carbons (Fsp3) is 0.148. The summed E-state index contributed by atoms with van der Waals surface area (Å²) in [4.78, 5) is 36.5. The largest absolute Gasteiger partial charge is 0.508 e. The molecule has 8 nitrogen and oxygen atoms in total. The van der Waals surface area contributed by atoms with E-state index in [0.717, 1.165) is 30.3 Å². The van der Waals surface area contributed by atoms with Crippen LogP contribution in [0.5, 0.6) is 5.75 Å². The van der Waals surface area contributed by atoms with Crippen molar-refractivity contribution >= 4 is 93.3 Å². The molecule has 0 bridgehead atoms. The van der Waals surface area contributed by atoms with Crippen LogP contribution in [0.15, 0.2) is 80.1 Å². The van der Waals surface area contributed by atoms with E-state index in [1.807, 2.05) is 42.5 Å². The normalized spacial score (nSPS) is 11.6. The maximum Gasteiger partial charge on any atom is 0.328 e. The Labute approximate surface area is 251 Å². The van der Waals surface area contributed by atoms with Crippen LogP contribution in [0, 0.1) is 3.14 Å². The van der Waals surface area contributed by atoms with Gasteiger partial charge >= 0.3 is 17.9 Å². The second-order valence-electron chi connectivity index (χ2n) is 8.00. The van der Waals surface area contributed by atoms with Crippen molar-refractivity contribution in [2.24, 2.45) is 4.99 Å². The quantitative estimate of drug-likeness (QED) is 0.0815. The maximum absolute atomic E-state index is 11.4. The highest BCUT2D eigenvalue weighted by Crippen LogP contribution is 2.40. The SMILES string of the molecule is O=C(O)C(Cc1ccc(O)cc1)N=Cc1ccc2ccccc2c1.O=C(O)CSc1sc(=S)sc1SCC(=O)O. The molecule has 208 valence electrons. The van der Waals surface area contributed by atoms with Gasteiger partial charge in [-0.1, -0.05) is 60.7 Å². The highest BCUT2D eigenvalue weighted by molar-refractivity contribution is 8.05. The summed E-state index contributed by atoms with van der Waals surface area (Å²) < 4.78 is 2.27. The fourth-order valence-corrected chi connectivity index (χ4v) is 8.76. The minimum absolute atomic E-state index is 0.0390. The van der Waals surface area contributed by atoms with E-state index in [4.69, 9.17) is 22.4 Å². The number of phenolic OH excluding ortho intramolecular Hbond substituents is 1. The zero-order chi connectivity index (χ0) is 29.1. The van der Waals surface area contributed by atoms with Gasteiger partial charge in [0, 0.05) is 12.6 Å². The van der Waals surface area contributed by atoms with E-state index >= 15 is 0 Å². The zero-order valence-corrected chi connectivity index (χ0v) is 24.7. The van der Waals surface area contributed by atoms with Gasteiger partial charge in [-0.05, 0) is 40.1 Å². The summed E-state index contributed by atoms with van der Waals surface area (Å²) in [7, 11) is 0. The van der Waals surface area contributed by atoms with Crippen molar-refractivity contribution in [2.75, 3.05) is 11.5 Å². The minimum Gasteiger partial charge on any atom is -0.508 e. The van der Waals surface area contributed by atoms with Gasteiger partial charge in [-0.15, -0.1) is 46.2 Å². The first-order chi connectivity index (χ1) is 19.1. The number of nitrogens with zero attached hydrogens (tertiary/aromatic N) is 1. The lowest BCUT2D eigenvalue weighted by Crippen LogP contribution is -2.20. The topological polar surface area (TPSA) is 144 Å². The third kappa shape index (κ3) is 10.4. The molecule has 3 aromatic carbocycles. The number of rotatable bonds is 11. The third-order valence-electron chi connectivity index (χ3n) is 5.00. The van der Waals surface area contributed by atoms with Gasteiger partial charge in [-0.2, -0.15) is 0 Å². The molecule has 4 N–H and O–H groups in total. The summed E-state index contributed by atoms with van der Waals surface area (Å²) in [6.45, 7) is 0. The Morgan fingerprint density at radius 2 is 1.43 bits per heavy atom. The molecule has 40 heavy (non-hydrogen) atoms. The molecule has 0 amide bonds. The number of hydrogen-bond donors (Lipinski definition) is 4. The number of thioether (sulfide) groups is 2. The predicted octanol–water partition coefficient (Wildman–Crippen LogP) is 6.55.